The van der Waals surface area contributed by atoms with Gasteiger partial charge in [0.25, 0.3) is 8.32 Å². The van der Waals surface area contributed by atoms with Crippen molar-refractivity contribution in [2.45, 2.75) is 11.6 Å². The summed E-state index contributed by atoms with van der Waals surface area (Å²) in [6.45, 7) is 0.528. The Bertz CT molecular complexity index is 1070. The minimum atomic E-state index is -3.12. The maximum Gasteiger partial charge on any atom is 0.264 e. The van der Waals surface area contributed by atoms with Gasteiger partial charge in [-0.15, -0.1) is 0 Å². The van der Waals surface area contributed by atoms with Crippen LogP contribution in [0.25, 0.3) is 0 Å². The van der Waals surface area contributed by atoms with Crippen LogP contribution in [-0.2, 0) is 4.74 Å². The largest absolute Gasteiger partial charge is 0.475 e. The van der Waals surface area contributed by atoms with Crippen molar-refractivity contribution in [3.8, 4) is 0 Å². The lowest BCUT2D eigenvalue weighted by Crippen LogP contribution is -2.62. The number of nitrogens with zero attached hydrogens (tertiary/aromatic N) is 1. The second kappa shape index (κ2) is 7.90. The maximum atomic E-state index is 12.3. The smallest absolute Gasteiger partial charge is 0.264 e. The fourth-order valence-electron chi connectivity index (χ4n) is 4.33. The van der Waals surface area contributed by atoms with Gasteiger partial charge in [-0.1, -0.05) is 109 Å². The molecule has 0 saturated carbocycles. The molecule has 0 bridgehead atoms. The first-order valence-corrected chi connectivity index (χ1v) is 12.3. The van der Waals surface area contributed by atoms with Gasteiger partial charge in [-0.25, -0.2) is 4.99 Å². The topological polar surface area (TPSA) is 41.8 Å². The second-order valence-electron chi connectivity index (χ2n) is 7.65. The van der Waals surface area contributed by atoms with Crippen LogP contribution in [0.5, 0.6) is 0 Å². The lowest BCUT2D eigenvalue weighted by molar-refractivity contribution is 0.318. The highest BCUT2D eigenvalue weighted by atomic mass is 28.4. The van der Waals surface area contributed by atoms with Crippen molar-refractivity contribution in [2.24, 2.45) is 4.99 Å². The molecular weight excluding hydrogens is 386 g/mol. The van der Waals surface area contributed by atoms with Gasteiger partial charge in [0.1, 0.15) is 12.6 Å². The lowest BCUT2D eigenvalue weighted by Gasteiger charge is -2.33. The lowest BCUT2D eigenvalue weighted by atomic mass is 10.1. The fourth-order valence-corrected chi connectivity index (χ4v) is 7.85. The number of benzene rings is 3. The predicted molar refractivity (Wildman–Crippen MR) is 124 cm³/mol. The molecule has 1 aliphatic carbocycles. The number of rotatable bonds is 5. The summed E-state index contributed by atoms with van der Waals surface area (Å²) in [6.07, 6.45) is 6.16. The van der Waals surface area contributed by atoms with Gasteiger partial charge < -0.3 is 9.53 Å². The molecule has 148 valence electrons. The molecular formula is C26H23NO2Si. The minimum Gasteiger partial charge on any atom is -0.475 e. The molecule has 0 spiro atoms. The number of allylic oxidation sites excluding steroid dienone is 3. The summed E-state index contributed by atoms with van der Waals surface area (Å²) in [7, 11) is -3.12. The van der Waals surface area contributed by atoms with Gasteiger partial charge >= 0.3 is 0 Å². The molecule has 4 heteroatoms. The summed E-state index contributed by atoms with van der Waals surface area (Å²) in [6, 6.07) is 30.3. The molecule has 0 fully saturated rings. The Labute approximate surface area is 177 Å². The maximum absolute atomic E-state index is 12.3. The first kappa shape index (κ1) is 18.8. The van der Waals surface area contributed by atoms with E-state index in [4.69, 9.17) is 9.73 Å². The Morgan fingerprint density at radius 1 is 0.800 bits per heavy atom. The van der Waals surface area contributed by atoms with E-state index < -0.39 is 8.32 Å². The van der Waals surface area contributed by atoms with Crippen molar-refractivity contribution in [3.05, 3.63) is 120 Å². The zero-order valence-electron chi connectivity index (χ0n) is 16.6. The van der Waals surface area contributed by atoms with Crippen LogP contribution in [-0.4, -0.2) is 25.6 Å². The van der Waals surface area contributed by atoms with Crippen LogP contribution in [0.4, 0.5) is 0 Å². The zero-order chi connectivity index (χ0) is 20.4. The number of aliphatic imine (C=N–C) groups is 1. The van der Waals surface area contributed by atoms with E-state index in [1.54, 1.807) is 0 Å². The van der Waals surface area contributed by atoms with Crippen molar-refractivity contribution in [3.63, 3.8) is 0 Å². The van der Waals surface area contributed by atoms with E-state index >= 15 is 0 Å². The van der Waals surface area contributed by atoms with Crippen LogP contribution in [0.15, 0.2) is 120 Å². The highest BCUT2D eigenvalue weighted by Gasteiger charge is 2.47. The SMILES string of the molecule is O[Si](c1ccccc1)(c1ccccc1)C1C=CC=C1C1=N[C@@H](c2ccccc2)CO1. The van der Waals surface area contributed by atoms with Crippen LogP contribution in [0.3, 0.4) is 0 Å². The molecule has 5 rings (SSSR count). The van der Waals surface area contributed by atoms with E-state index in [0.717, 1.165) is 21.5 Å². The minimum absolute atomic E-state index is 0.00781. The Hall–Kier alpha value is -3.21. The third-order valence-corrected chi connectivity index (χ3v) is 9.71. The third kappa shape index (κ3) is 3.24. The van der Waals surface area contributed by atoms with Crippen molar-refractivity contribution < 1.29 is 9.53 Å². The average molecular weight is 410 g/mol. The molecule has 2 aliphatic rings. The molecule has 1 N–H and O–H groups in total. The summed E-state index contributed by atoms with van der Waals surface area (Å²) in [5.41, 5.74) is 1.96. The molecule has 30 heavy (non-hydrogen) atoms. The van der Waals surface area contributed by atoms with Gasteiger partial charge in [-0.05, 0) is 15.9 Å². The van der Waals surface area contributed by atoms with Crippen molar-refractivity contribution in [1.82, 2.24) is 0 Å². The molecule has 1 heterocycles. The van der Waals surface area contributed by atoms with Gasteiger partial charge in [-0.3, -0.25) is 0 Å². The summed E-state index contributed by atoms with van der Waals surface area (Å²) in [4.78, 5) is 17.2. The molecule has 1 aliphatic heterocycles. The quantitative estimate of drug-likeness (QED) is 0.652. The van der Waals surface area contributed by atoms with Crippen LogP contribution < -0.4 is 10.4 Å². The Morgan fingerprint density at radius 2 is 1.37 bits per heavy atom. The monoisotopic (exact) mass is 409 g/mol. The zero-order valence-corrected chi connectivity index (χ0v) is 17.6. The first-order chi connectivity index (χ1) is 14.8. The van der Waals surface area contributed by atoms with Gasteiger partial charge in [0.05, 0.1) is 0 Å². The van der Waals surface area contributed by atoms with E-state index in [1.165, 1.54) is 0 Å². The van der Waals surface area contributed by atoms with Gasteiger partial charge in [0.15, 0.2) is 0 Å². The van der Waals surface area contributed by atoms with Crippen LogP contribution in [0.2, 0.25) is 5.54 Å². The predicted octanol–water partition coefficient (Wildman–Crippen LogP) is 3.78. The molecule has 3 aromatic rings. The van der Waals surface area contributed by atoms with E-state index in [9.17, 15) is 4.80 Å². The Kier molecular flexibility index (Phi) is 4.95. The van der Waals surface area contributed by atoms with Gasteiger partial charge in [0.2, 0.25) is 5.90 Å². The Balaban J connectivity index is 1.55. The molecule has 0 saturated heterocycles. The Morgan fingerprint density at radius 3 is 1.97 bits per heavy atom. The van der Waals surface area contributed by atoms with E-state index in [1.807, 2.05) is 91.0 Å². The summed E-state index contributed by atoms with van der Waals surface area (Å²) >= 11 is 0. The standard InChI is InChI=1S/C26H23NO2Si/c28-30(21-13-6-2-7-14-21,22-15-8-3-9-16-22)25-18-10-17-23(25)26-27-24(19-29-26)20-11-4-1-5-12-20/h1-18,24-25,28H,19H2/t24-,25?/m1/s1. The van der Waals surface area contributed by atoms with Gasteiger partial charge in [-0.2, -0.15) is 0 Å². The fraction of sp³-hybridized carbons (Fsp3) is 0.115. The number of ether oxygens (including phenoxy) is 1. The molecule has 0 radical (unpaired) electrons. The van der Waals surface area contributed by atoms with Crippen molar-refractivity contribution in [2.75, 3.05) is 6.61 Å². The van der Waals surface area contributed by atoms with Gasteiger partial charge in [0, 0.05) is 11.1 Å². The second-order valence-corrected chi connectivity index (χ2v) is 11.0. The number of hydrogen-bond acceptors (Lipinski definition) is 3. The third-order valence-electron chi connectivity index (χ3n) is 5.87. The van der Waals surface area contributed by atoms with Crippen molar-refractivity contribution >= 4 is 24.6 Å². The first-order valence-electron chi connectivity index (χ1n) is 10.2. The van der Waals surface area contributed by atoms with E-state index in [2.05, 4.69) is 18.2 Å². The van der Waals surface area contributed by atoms with Crippen LogP contribution in [0.1, 0.15) is 11.6 Å². The highest BCUT2D eigenvalue weighted by Crippen LogP contribution is 2.37. The summed E-state index contributed by atoms with van der Waals surface area (Å²) < 4.78 is 6.05. The molecule has 3 nitrogen and oxygen atoms in total. The van der Waals surface area contributed by atoms with Crippen LogP contribution >= 0.6 is 0 Å². The summed E-state index contributed by atoms with van der Waals surface area (Å²) in [5, 5.41) is 1.97. The summed E-state index contributed by atoms with van der Waals surface area (Å²) in [5.74, 6) is 0.650. The van der Waals surface area contributed by atoms with E-state index in [0.29, 0.717) is 12.5 Å². The van der Waals surface area contributed by atoms with E-state index in [-0.39, 0.29) is 11.6 Å². The molecule has 2 atom stereocenters. The van der Waals surface area contributed by atoms with Crippen LogP contribution in [0, 0.1) is 0 Å². The molecule has 3 aromatic carbocycles. The number of hydrogen-bond donors (Lipinski definition) is 1. The molecule has 0 aromatic heterocycles. The van der Waals surface area contributed by atoms with Crippen molar-refractivity contribution in [1.29, 1.82) is 0 Å². The average Bonchev–Trinajstić information content (AvgIpc) is 3.50. The molecule has 0 amide bonds. The normalized spacial score (nSPS) is 20.6. The highest BCUT2D eigenvalue weighted by molar-refractivity contribution is 6.98. The molecule has 1 unspecified atom stereocenters.